The molecule has 1 unspecified atom stereocenters. The Balaban J connectivity index is 1.84. The van der Waals surface area contributed by atoms with Gasteiger partial charge in [-0.15, -0.1) is 0 Å². The molecule has 2 N–H and O–H groups in total. The number of carbonyl (C=O) groups is 1. The van der Waals surface area contributed by atoms with Crippen molar-refractivity contribution in [2.45, 2.75) is 20.0 Å². The van der Waals surface area contributed by atoms with Crippen LogP contribution in [0.1, 0.15) is 19.4 Å². The summed E-state index contributed by atoms with van der Waals surface area (Å²) in [5.41, 5.74) is 2.11. The number of aryl methyl sites for hydroxylation is 1. The van der Waals surface area contributed by atoms with Crippen LogP contribution in [0.3, 0.4) is 0 Å². The minimum Gasteiger partial charge on any atom is -0.389 e. The quantitative estimate of drug-likeness (QED) is 0.730. The Morgan fingerprint density at radius 3 is 2.83 bits per heavy atom. The van der Waals surface area contributed by atoms with Crippen molar-refractivity contribution in [1.29, 1.82) is 0 Å². The molecule has 0 radical (unpaired) electrons. The molecule has 0 aliphatic carbocycles. The number of fused-ring (bicyclic) bond motifs is 1. The van der Waals surface area contributed by atoms with Crippen LogP contribution < -0.4 is 5.32 Å². The molecule has 0 bridgehead atoms. The molecule has 1 atom stereocenters. The van der Waals surface area contributed by atoms with Gasteiger partial charge in [-0.25, -0.2) is 0 Å². The average Bonchev–Trinajstić information content (AvgIpc) is 2.87. The summed E-state index contributed by atoms with van der Waals surface area (Å²) in [7, 11) is 1.98. The standard InChI is InChI=1S/C19H26N2O3/c1-14(2)12-24-13-16(22)10-20-19(23)9-8-15-11-21(3)18-7-5-4-6-17(15)18/h4-9,11,14,16,22H,10,12-13H2,1-3H3,(H,20,23)/b9-8+. The third-order valence-electron chi connectivity index (χ3n) is 3.62. The number of hydrogen-bond donors (Lipinski definition) is 2. The van der Waals surface area contributed by atoms with E-state index in [0.29, 0.717) is 12.5 Å². The molecule has 0 saturated carbocycles. The molecule has 130 valence electrons. The first-order chi connectivity index (χ1) is 11.5. The summed E-state index contributed by atoms with van der Waals surface area (Å²) in [6.45, 7) is 5.10. The van der Waals surface area contributed by atoms with Crippen molar-refractivity contribution >= 4 is 22.9 Å². The van der Waals surface area contributed by atoms with Gasteiger partial charge in [0.1, 0.15) is 0 Å². The van der Waals surface area contributed by atoms with Crippen molar-refractivity contribution in [3.63, 3.8) is 0 Å². The highest BCUT2D eigenvalue weighted by molar-refractivity contribution is 5.96. The minimum atomic E-state index is -0.696. The molecule has 1 heterocycles. The molecular weight excluding hydrogens is 304 g/mol. The number of carbonyl (C=O) groups excluding carboxylic acids is 1. The molecule has 1 aromatic carbocycles. The summed E-state index contributed by atoms with van der Waals surface area (Å²) < 4.78 is 7.38. The second-order valence-corrected chi connectivity index (χ2v) is 6.38. The summed E-state index contributed by atoms with van der Waals surface area (Å²) in [6.07, 6.45) is 4.57. The number of benzene rings is 1. The average molecular weight is 330 g/mol. The van der Waals surface area contributed by atoms with Gasteiger partial charge in [0.2, 0.25) is 5.91 Å². The van der Waals surface area contributed by atoms with Crippen LogP contribution in [0.4, 0.5) is 0 Å². The molecule has 1 amide bonds. The Labute approximate surface area is 142 Å². The van der Waals surface area contributed by atoms with E-state index in [2.05, 4.69) is 5.32 Å². The van der Waals surface area contributed by atoms with Crippen LogP contribution in [-0.2, 0) is 16.6 Å². The lowest BCUT2D eigenvalue weighted by Gasteiger charge is -2.12. The van der Waals surface area contributed by atoms with Crippen LogP contribution in [0.2, 0.25) is 0 Å². The topological polar surface area (TPSA) is 63.5 Å². The van der Waals surface area contributed by atoms with Gasteiger partial charge in [0.15, 0.2) is 0 Å². The van der Waals surface area contributed by atoms with Crippen LogP contribution in [0, 0.1) is 5.92 Å². The zero-order chi connectivity index (χ0) is 17.5. The molecule has 0 aliphatic rings. The molecule has 0 spiro atoms. The van der Waals surface area contributed by atoms with Crippen molar-refractivity contribution in [3.05, 3.63) is 42.1 Å². The van der Waals surface area contributed by atoms with E-state index in [4.69, 9.17) is 4.74 Å². The van der Waals surface area contributed by atoms with Gasteiger partial charge >= 0.3 is 0 Å². The molecule has 24 heavy (non-hydrogen) atoms. The Bertz CT molecular complexity index is 704. The number of nitrogens with one attached hydrogen (secondary N) is 1. The number of hydrogen-bond acceptors (Lipinski definition) is 3. The van der Waals surface area contributed by atoms with Crippen LogP contribution in [0.5, 0.6) is 0 Å². The van der Waals surface area contributed by atoms with E-state index >= 15 is 0 Å². The number of aliphatic hydroxyl groups excluding tert-OH is 1. The zero-order valence-corrected chi connectivity index (χ0v) is 14.5. The number of aromatic nitrogens is 1. The SMILES string of the molecule is CC(C)COCC(O)CNC(=O)/C=C/c1cn(C)c2ccccc12. The molecule has 1 aromatic heterocycles. The smallest absolute Gasteiger partial charge is 0.244 e. The lowest BCUT2D eigenvalue weighted by Crippen LogP contribution is -2.33. The van der Waals surface area contributed by atoms with Gasteiger partial charge < -0.3 is 19.7 Å². The van der Waals surface area contributed by atoms with Crippen molar-refractivity contribution in [2.75, 3.05) is 19.8 Å². The maximum atomic E-state index is 11.9. The normalized spacial score (nSPS) is 13.0. The number of nitrogens with zero attached hydrogens (tertiary/aromatic N) is 1. The lowest BCUT2D eigenvalue weighted by molar-refractivity contribution is -0.117. The first-order valence-electron chi connectivity index (χ1n) is 8.23. The fourth-order valence-electron chi connectivity index (χ4n) is 2.45. The molecular formula is C19H26N2O3. The predicted octanol–water partition coefficient (Wildman–Crippen LogP) is 2.34. The minimum absolute atomic E-state index is 0.177. The second-order valence-electron chi connectivity index (χ2n) is 6.38. The van der Waals surface area contributed by atoms with Crippen molar-refractivity contribution in [2.24, 2.45) is 13.0 Å². The summed E-state index contributed by atoms with van der Waals surface area (Å²) in [5, 5.41) is 13.6. The first-order valence-corrected chi connectivity index (χ1v) is 8.23. The van der Waals surface area contributed by atoms with Crippen molar-refractivity contribution < 1.29 is 14.6 Å². The van der Waals surface area contributed by atoms with E-state index in [1.165, 1.54) is 6.08 Å². The Morgan fingerprint density at radius 1 is 1.33 bits per heavy atom. The predicted molar refractivity (Wildman–Crippen MR) is 96.6 cm³/mol. The monoisotopic (exact) mass is 330 g/mol. The van der Waals surface area contributed by atoms with Crippen molar-refractivity contribution in [1.82, 2.24) is 9.88 Å². The van der Waals surface area contributed by atoms with Gasteiger partial charge in [-0.2, -0.15) is 0 Å². The highest BCUT2D eigenvalue weighted by Crippen LogP contribution is 2.21. The van der Waals surface area contributed by atoms with E-state index in [9.17, 15) is 9.90 Å². The molecule has 0 fully saturated rings. The maximum absolute atomic E-state index is 11.9. The van der Waals surface area contributed by atoms with Gasteiger partial charge in [-0.3, -0.25) is 4.79 Å². The molecule has 5 nitrogen and oxygen atoms in total. The number of para-hydroxylation sites is 1. The number of rotatable bonds is 8. The van der Waals surface area contributed by atoms with Gasteiger partial charge in [-0.05, 0) is 18.1 Å². The van der Waals surface area contributed by atoms with Crippen molar-refractivity contribution in [3.8, 4) is 0 Å². The van der Waals surface area contributed by atoms with Crippen LogP contribution in [0.25, 0.3) is 17.0 Å². The maximum Gasteiger partial charge on any atom is 0.244 e. The Hall–Kier alpha value is -2.11. The zero-order valence-electron chi connectivity index (χ0n) is 14.5. The number of amides is 1. The van der Waals surface area contributed by atoms with Gasteiger partial charge in [0.25, 0.3) is 0 Å². The van der Waals surface area contributed by atoms with Gasteiger partial charge in [0, 0.05) is 48.9 Å². The molecule has 0 saturated heterocycles. The molecule has 5 heteroatoms. The van der Waals surface area contributed by atoms with E-state index in [1.54, 1.807) is 6.08 Å². The van der Waals surface area contributed by atoms with Gasteiger partial charge in [0.05, 0.1) is 12.7 Å². The Morgan fingerprint density at radius 2 is 2.08 bits per heavy atom. The second kappa shape index (κ2) is 8.66. The van der Waals surface area contributed by atoms with Crippen LogP contribution in [0.15, 0.2) is 36.5 Å². The number of aliphatic hydroxyl groups is 1. The van der Waals surface area contributed by atoms with Gasteiger partial charge in [-0.1, -0.05) is 32.0 Å². The molecule has 2 aromatic rings. The summed E-state index contributed by atoms with van der Waals surface area (Å²) in [5.74, 6) is 0.196. The molecule has 0 aliphatic heterocycles. The Kier molecular flexibility index (Phi) is 6.58. The summed E-state index contributed by atoms with van der Waals surface area (Å²) in [6, 6.07) is 8.04. The first kappa shape index (κ1) is 18.2. The summed E-state index contributed by atoms with van der Waals surface area (Å²) in [4.78, 5) is 11.9. The van der Waals surface area contributed by atoms with Crippen LogP contribution in [-0.4, -0.2) is 41.4 Å². The largest absolute Gasteiger partial charge is 0.389 e. The highest BCUT2D eigenvalue weighted by atomic mass is 16.5. The highest BCUT2D eigenvalue weighted by Gasteiger charge is 2.07. The van der Waals surface area contributed by atoms with E-state index < -0.39 is 6.10 Å². The van der Waals surface area contributed by atoms with E-state index in [-0.39, 0.29) is 19.1 Å². The fourth-order valence-corrected chi connectivity index (χ4v) is 2.45. The van der Waals surface area contributed by atoms with E-state index in [1.807, 2.05) is 55.9 Å². The third kappa shape index (κ3) is 5.22. The molecule has 2 rings (SSSR count). The lowest BCUT2D eigenvalue weighted by atomic mass is 10.1. The number of ether oxygens (including phenoxy) is 1. The van der Waals surface area contributed by atoms with E-state index in [0.717, 1.165) is 16.5 Å². The summed E-state index contributed by atoms with van der Waals surface area (Å²) >= 11 is 0. The third-order valence-corrected chi connectivity index (χ3v) is 3.62. The fraction of sp³-hybridized carbons (Fsp3) is 0.421. The van der Waals surface area contributed by atoms with Crippen LogP contribution >= 0.6 is 0 Å².